The number of aliphatic carboxylic acids is 1. The second-order valence-corrected chi connectivity index (χ2v) is 5.22. The molecule has 0 atom stereocenters. The van der Waals surface area contributed by atoms with Gasteiger partial charge in [0.1, 0.15) is 5.76 Å². The molecule has 0 spiro atoms. The molecule has 0 aliphatic carbocycles. The highest BCUT2D eigenvalue weighted by molar-refractivity contribution is 7.16. The summed E-state index contributed by atoms with van der Waals surface area (Å²) < 4.78 is 5.12. The molecular weight excluding hydrogens is 252 g/mol. The van der Waals surface area contributed by atoms with Crippen molar-refractivity contribution >= 4 is 23.0 Å². The molecule has 0 bridgehead atoms. The van der Waals surface area contributed by atoms with Crippen LogP contribution >= 0.6 is 11.3 Å². The first kappa shape index (κ1) is 12.6. The third kappa shape index (κ3) is 2.38. The van der Waals surface area contributed by atoms with Crippen molar-refractivity contribution in [2.45, 2.75) is 26.7 Å². The number of rotatable bonds is 4. The molecule has 0 radical (unpaired) electrons. The van der Waals surface area contributed by atoms with E-state index in [1.165, 1.54) is 11.3 Å². The summed E-state index contributed by atoms with van der Waals surface area (Å²) in [7, 11) is 0. The third-order valence-electron chi connectivity index (χ3n) is 2.69. The lowest BCUT2D eigenvalue weighted by atomic mass is 10.1. The monoisotopic (exact) mass is 266 g/mol. The molecule has 0 aromatic carbocycles. The highest BCUT2D eigenvalue weighted by Gasteiger charge is 2.16. The van der Waals surface area contributed by atoms with Gasteiger partial charge in [-0.1, -0.05) is 5.16 Å². The lowest BCUT2D eigenvalue weighted by Gasteiger charge is -1.95. The Labute approximate surface area is 108 Å². The fourth-order valence-corrected chi connectivity index (χ4v) is 3.04. The standard InChI is InChI=1S/C12H14N2O3S/c1-6-12(7(2)17-14-6)10-5-8(13)9(18-10)3-4-11(15)16/h5H,3-4,13H2,1-2H3,(H,15,16). The van der Waals surface area contributed by atoms with E-state index in [1.54, 1.807) is 0 Å². The minimum atomic E-state index is -0.818. The first-order valence-corrected chi connectivity index (χ1v) is 6.34. The van der Waals surface area contributed by atoms with Crippen molar-refractivity contribution in [2.75, 3.05) is 5.73 Å². The number of thiophene rings is 1. The van der Waals surface area contributed by atoms with Gasteiger partial charge in [-0.2, -0.15) is 0 Å². The number of hydrogen-bond acceptors (Lipinski definition) is 5. The minimum Gasteiger partial charge on any atom is -0.481 e. The number of carbonyl (C=O) groups is 1. The smallest absolute Gasteiger partial charge is 0.303 e. The summed E-state index contributed by atoms with van der Waals surface area (Å²) in [6.45, 7) is 3.72. The molecule has 0 amide bonds. The quantitative estimate of drug-likeness (QED) is 0.887. The minimum absolute atomic E-state index is 0.0890. The largest absolute Gasteiger partial charge is 0.481 e. The summed E-state index contributed by atoms with van der Waals surface area (Å²) in [5.74, 6) is -0.0692. The van der Waals surface area contributed by atoms with E-state index in [9.17, 15) is 4.79 Å². The Bertz CT molecular complexity index is 567. The van der Waals surface area contributed by atoms with Crippen molar-refractivity contribution in [1.29, 1.82) is 0 Å². The molecule has 0 fully saturated rings. The van der Waals surface area contributed by atoms with Crippen LogP contribution in [0, 0.1) is 13.8 Å². The van der Waals surface area contributed by atoms with Gasteiger partial charge in [0.2, 0.25) is 0 Å². The van der Waals surface area contributed by atoms with Crippen molar-refractivity contribution in [1.82, 2.24) is 5.16 Å². The Hall–Kier alpha value is -1.82. The van der Waals surface area contributed by atoms with E-state index in [1.807, 2.05) is 19.9 Å². The van der Waals surface area contributed by atoms with E-state index in [0.29, 0.717) is 12.1 Å². The van der Waals surface area contributed by atoms with E-state index in [0.717, 1.165) is 26.8 Å². The number of anilines is 1. The molecule has 2 aromatic heterocycles. The molecule has 5 nitrogen and oxygen atoms in total. The Morgan fingerprint density at radius 3 is 2.83 bits per heavy atom. The summed E-state index contributed by atoms with van der Waals surface area (Å²) in [4.78, 5) is 12.4. The van der Waals surface area contributed by atoms with Crippen LogP contribution in [0.15, 0.2) is 10.6 Å². The van der Waals surface area contributed by atoms with Gasteiger partial charge in [-0.15, -0.1) is 11.3 Å². The summed E-state index contributed by atoms with van der Waals surface area (Å²) in [6.07, 6.45) is 0.543. The van der Waals surface area contributed by atoms with Crippen molar-refractivity contribution in [3.05, 3.63) is 22.4 Å². The Morgan fingerprint density at radius 2 is 2.28 bits per heavy atom. The third-order valence-corrected chi connectivity index (χ3v) is 3.92. The van der Waals surface area contributed by atoms with Crippen LogP contribution in [0.2, 0.25) is 0 Å². The van der Waals surface area contributed by atoms with Gasteiger partial charge in [-0.25, -0.2) is 0 Å². The van der Waals surface area contributed by atoms with Crippen molar-refractivity contribution in [2.24, 2.45) is 0 Å². The Morgan fingerprint density at radius 1 is 1.56 bits per heavy atom. The normalized spacial score (nSPS) is 10.8. The fourth-order valence-electron chi connectivity index (χ4n) is 1.82. The van der Waals surface area contributed by atoms with Gasteiger partial charge in [-0.05, 0) is 26.3 Å². The SMILES string of the molecule is Cc1noc(C)c1-c1cc(N)c(CCC(=O)O)s1. The van der Waals surface area contributed by atoms with E-state index in [2.05, 4.69) is 5.16 Å². The van der Waals surface area contributed by atoms with Gasteiger partial charge in [0, 0.05) is 15.4 Å². The van der Waals surface area contributed by atoms with Crippen molar-refractivity contribution in [3.63, 3.8) is 0 Å². The molecule has 0 saturated carbocycles. The van der Waals surface area contributed by atoms with Crippen LogP contribution in [0.25, 0.3) is 10.4 Å². The molecule has 2 heterocycles. The number of carboxylic acid groups (broad SMARTS) is 1. The number of aromatic nitrogens is 1. The first-order chi connectivity index (χ1) is 8.49. The molecule has 0 saturated heterocycles. The first-order valence-electron chi connectivity index (χ1n) is 5.52. The van der Waals surface area contributed by atoms with Crippen LogP contribution in [-0.4, -0.2) is 16.2 Å². The predicted molar refractivity (Wildman–Crippen MR) is 69.7 cm³/mol. The molecule has 0 unspecified atom stereocenters. The molecule has 0 aliphatic heterocycles. The lowest BCUT2D eigenvalue weighted by molar-refractivity contribution is -0.136. The van der Waals surface area contributed by atoms with E-state index in [-0.39, 0.29) is 6.42 Å². The molecule has 3 N–H and O–H groups in total. The molecule has 2 aromatic rings. The molecule has 18 heavy (non-hydrogen) atoms. The zero-order chi connectivity index (χ0) is 13.3. The molecule has 96 valence electrons. The zero-order valence-corrected chi connectivity index (χ0v) is 11.0. The van der Waals surface area contributed by atoms with E-state index < -0.39 is 5.97 Å². The van der Waals surface area contributed by atoms with Crippen LogP contribution in [0.4, 0.5) is 5.69 Å². The molecule has 2 rings (SSSR count). The highest BCUT2D eigenvalue weighted by atomic mass is 32.1. The summed E-state index contributed by atoms with van der Waals surface area (Å²) >= 11 is 1.50. The zero-order valence-electron chi connectivity index (χ0n) is 10.2. The van der Waals surface area contributed by atoms with Gasteiger partial charge in [0.15, 0.2) is 0 Å². The van der Waals surface area contributed by atoms with Crippen LogP contribution in [-0.2, 0) is 11.2 Å². The summed E-state index contributed by atoms with van der Waals surface area (Å²) in [5, 5.41) is 12.6. The molecular formula is C12H14N2O3S. The average molecular weight is 266 g/mol. The van der Waals surface area contributed by atoms with Gasteiger partial charge >= 0.3 is 5.97 Å². The lowest BCUT2D eigenvalue weighted by Crippen LogP contribution is -1.97. The number of nitrogen functional groups attached to an aromatic ring is 1. The Balaban J connectivity index is 2.31. The number of nitrogens with zero attached hydrogens (tertiary/aromatic N) is 1. The van der Waals surface area contributed by atoms with Gasteiger partial charge in [-0.3, -0.25) is 4.79 Å². The number of hydrogen-bond donors (Lipinski definition) is 2. The maximum atomic E-state index is 10.6. The maximum absolute atomic E-state index is 10.6. The highest BCUT2D eigenvalue weighted by Crippen LogP contribution is 2.37. The van der Waals surface area contributed by atoms with Gasteiger partial charge < -0.3 is 15.4 Å². The number of carboxylic acids is 1. The van der Waals surface area contributed by atoms with Crippen molar-refractivity contribution in [3.8, 4) is 10.4 Å². The summed E-state index contributed by atoms with van der Waals surface area (Å²) in [6, 6.07) is 1.86. The number of aryl methyl sites for hydroxylation is 3. The van der Waals surface area contributed by atoms with Crippen LogP contribution in [0.5, 0.6) is 0 Å². The van der Waals surface area contributed by atoms with Gasteiger partial charge in [0.25, 0.3) is 0 Å². The predicted octanol–water partition coefficient (Wildman–Crippen LogP) is 2.62. The number of nitrogens with two attached hydrogens (primary N) is 1. The summed E-state index contributed by atoms with van der Waals surface area (Å²) in [5.41, 5.74) is 8.31. The molecule has 6 heteroatoms. The Kier molecular flexibility index (Phi) is 3.38. The fraction of sp³-hybridized carbons (Fsp3) is 0.333. The van der Waals surface area contributed by atoms with E-state index in [4.69, 9.17) is 15.4 Å². The van der Waals surface area contributed by atoms with Crippen molar-refractivity contribution < 1.29 is 14.4 Å². The second-order valence-electron chi connectivity index (χ2n) is 4.08. The molecule has 0 aliphatic rings. The van der Waals surface area contributed by atoms with Crippen LogP contribution in [0.1, 0.15) is 22.8 Å². The van der Waals surface area contributed by atoms with E-state index >= 15 is 0 Å². The maximum Gasteiger partial charge on any atom is 0.303 e. The second kappa shape index (κ2) is 4.81. The van der Waals surface area contributed by atoms with Crippen LogP contribution < -0.4 is 5.73 Å². The van der Waals surface area contributed by atoms with Crippen LogP contribution in [0.3, 0.4) is 0 Å². The topological polar surface area (TPSA) is 89.4 Å². The average Bonchev–Trinajstić information content (AvgIpc) is 2.80. The van der Waals surface area contributed by atoms with Gasteiger partial charge in [0.05, 0.1) is 17.7 Å².